The zero-order valence-corrected chi connectivity index (χ0v) is 8.45. The van der Waals surface area contributed by atoms with Crippen molar-refractivity contribution in [3.05, 3.63) is 0 Å². The van der Waals surface area contributed by atoms with Crippen molar-refractivity contribution in [1.82, 2.24) is 0 Å². The maximum Gasteiger partial charge on any atom is 0.0543 e. The van der Waals surface area contributed by atoms with E-state index in [0.717, 1.165) is 18.8 Å². The van der Waals surface area contributed by atoms with Crippen LogP contribution in [0, 0.1) is 5.92 Å². The lowest BCUT2D eigenvalue weighted by Gasteiger charge is -2.06. The first-order valence-electron chi connectivity index (χ1n) is 5.02. The zero-order chi connectivity index (χ0) is 10.1. The molecule has 1 fully saturated rings. The smallest absolute Gasteiger partial charge is 0.0543 e. The molecular weight excluding hydrogens is 166 g/mol. The average molecular weight is 187 g/mol. The van der Waals surface area contributed by atoms with E-state index in [1.807, 2.05) is 0 Å². The van der Waals surface area contributed by atoms with E-state index in [2.05, 4.69) is 18.8 Å². The highest BCUT2D eigenvalue weighted by Gasteiger charge is 2.21. The molecule has 3 nitrogen and oxygen atoms in total. The van der Waals surface area contributed by atoms with E-state index >= 15 is 0 Å². The van der Waals surface area contributed by atoms with Crippen LogP contribution >= 0.6 is 0 Å². The van der Waals surface area contributed by atoms with Gasteiger partial charge in [0, 0.05) is 6.72 Å². The third kappa shape index (κ3) is 6.58. The summed E-state index contributed by atoms with van der Waals surface area (Å²) < 4.78 is 0. The fraction of sp³-hybridized carbons (Fsp3) is 0.900. The minimum Gasteiger partial charge on any atom is -0.411 e. The Kier molecular flexibility index (Phi) is 7.69. The molecule has 1 saturated carbocycles. The average Bonchev–Trinajstić information content (AvgIpc) is 2.49. The van der Waals surface area contributed by atoms with Crippen LogP contribution in [0.1, 0.15) is 45.4 Å². The largest absolute Gasteiger partial charge is 0.411 e. The Morgan fingerprint density at radius 2 is 2.08 bits per heavy atom. The van der Waals surface area contributed by atoms with Crippen LogP contribution in [0.25, 0.3) is 0 Å². The molecule has 2 N–H and O–H groups in total. The number of hydrogen-bond acceptors (Lipinski definition) is 3. The first-order chi connectivity index (χ1) is 6.24. The highest BCUT2D eigenvalue weighted by molar-refractivity contribution is 5.20. The zero-order valence-electron chi connectivity index (χ0n) is 8.45. The second kappa shape index (κ2) is 8.05. The number of aliphatic hydroxyl groups is 1. The van der Waals surface area contributed by atoms with Gasteiger partial charge in [0.05, 0.1) is 6.10 Å². The van der Waals surface area contributed by atoms with Crippen LogP contribution in [0.3, 0.4) is 0 Å². The van der Waals surface area contributed by atoms with Crippen LogP contribution in [-0.4, -0.2) is 23.1 Å². The fourth-order valence-corrected chi connectivity index (χ4v) is 1.80. The van der Waals surface area contributed by atoms with E-state index in [0.29, 0.717) is 0 Å². The molecule has 0 aliphatic heterocycles. The quantitative estimate of drug-likeness (QED) is 0.405. The van der Waals surface area contributed by atoms with E-state index in [1.165, 1.54) is 25.7 Å². The summed E-state index contributed by atoms with van der Waals surface area (Å²) in [4.78, 5) is 0. The molecule has 1 aliphatic rings. The van der Waals surface area contributed by atoms with Gasteiger partial charge in [0.2, 0.25) is 0 Å². The topological polar surface area (TPSA) is 52.8 Å². The third-order valence-corrected chi connectivity index (χ3v) is 2.48. The van der Waals surface area contributed by atoms with Gasteiger partial charge in [-0.3, -0.25) is 0 Å². The molecule has 0 spiro atoms. The summed E-state index contributed by atoms with van der Waals surface area (Å²) in [5.74, 6) is 0.843. The number of hydrogen-bond donors (Lipinski definition) is 2. The van der Waals surface area contributed by atoms with Gasteiger partial charge in [-0.2, -0.15) is 0 Å². The molecule has 0 heterocycles. The lowest BCUT2D eigenvalue weighted by Crippen LogP contribution is -1.99. The molecule has 0 aromatic rings. The Morgan fingerprint density at radius 1 is 1.46 bits per heavy atom. The number of oxime groups is 1. The molecule has 1 aliphatic carbocycles. The van der Waals surface area contributed by atoms with E-state index in [9.17, 15) is 5.11 Å². The molecule has 0 aromatic carbocycles. The SMILES string of the molecule is C=NO.CCCCC1CCC(O)C1. The lowest BCUT2D eigenvalue weighted by molar-refractivity contribution is 0.176. The molecule has 78 valence electrons. The summed E-state index contributed by atoms with van der Waals surface area (Å²) in [5.41, 5.74) is 0. The van der Waals surface area contributed by atoms with Gasteiger partial charge >= 0.3 is 0 Å². The van der Waals surface area contributed by atoms with Crippen molar-refractivity contribution in [2.75, 3.05) is 0 Å². The normalized spacial score (nSPS) is 26.3. The van der Waals surface area contributed by atoms with E-state index in [1.54, 1.807) is 0 Å². The van der Waals surface area contributed by atoms with Crippen LogP contribution in [0.15, 0.2) is 5.16 Å². The fourth-order valence-electron chi connectivity index (χ4n) is 1.80. The summed E-state index contributed by atoms with van der Waals surface area (Å²) in [6.45, 7) is 4.89. The lowest BCUT2D eigenvalue weighted by atomic mass is 10.0. The molecule has 0 saturated heterocycles. The van der Waals surface area contributed by atoms with Crippen molar-refractivity contribution >= 4 is 6.72 Å². The molecule has 2 unspecified atom stereocenters. The summed E-state index contributed by atoms with van der Waals surface area (Å²) in [6.07, 6.45) is 7.40. The first-order valence-corrected chi connectivity index (χ1v) is 5.02. The number of aliphatic hydroxyl groups excluding tert-OH is 1. The van der Waals surface area contributed by atoms with Gasteiger partial charge in [0.1, 0.15) is 0 Å². The Bertz CT molecular complexity index is 128. The van der Waals surface area contributed by atoms with Crippen molar-refractivity contribution in [1.29, 1.82) is 0 Å². The number of unbranched alkanes of at least 4 members (excludes halogenated alkanes) is 1. The van der Waals surface area contributed by atoms with Crippen LogP contribution < -0.4 is 0 Å². The van der Waals surface area contributed by atoms with Gasteiger partial charge in [0.25, 0.3) is 0 Å². The molecule has 3 heteroatoms. The second-order valence-electron chi connectivity index (χ2n) is 3.62. The molecule has 0 amide bonds. The Morgan fingerprint density at radius 3 is 2.46 bits per heavy atom. The van der Waals surface area contributed by atoms with Crippen molar-refractivity contribution in [2.24, 2.45) is 11.1 Å². The van der Waals surface area contributed by atoms with Gasteiger partial charge in [-0.25, -0.2) is 0 Å². The molecule has 13 heavy (non-hydrogen) atoms. The molecule has 0 bridgehead atoms. The van der Waals surface area contributed by atoms with E-state index in [-0.39, 0.29) is 6.10 Å². The maximum atomic E-state index is 9.20. The van der Waals surface area contributed by atoms with Gasteiger partial charge in [-0.15, -0.1) is 5.16 Å². The van der Waals surface area contributed by atoms with Gasteiger partial charge in [-0.1, -0.05) is 26.2 Å². The summed E-state index contributed by atoms with van der Waals surface area (Å²) in [5, 5.41) is 18.5. The molecule has 0 aromatic heterocycles. The Hall–Kier alpha value is -0.570. The summed E-state index contributed by atoms with van der Waals surface area (Å²) in [6, 6.07) is 0. The van der Waals surface area contributed by atoms with Crippen molar-refractivity contribution in [3.8, 4) is 0 Å². The van der Waals surface area contributed by atoms with Gasteiger partial charge in [-0.05, 0) is 25.2 Å². The van der Waals surface area contributed by atoms with Crippen LogP contribution in [0.4, 0.5) is 0 Å². The van der Waals surface area contributed by atoms with Crippen molar-refractivity contribution in [2.45, 2.75) is 51.6 Å². The van der Waals surface area contributed by atoms with Gasteiger partial charge < -0.3 is 10.3 Å². The minimum atomic E-state index is 0.0295. The Balaban J connectivity index is 0.000000424. The predicted molar refractivity (Wildman–Crippen MR) is 54.2 cm³/mol. The maximum absolute atomic E-state index is 9.20. The molecule has 1 rings (SSSR count). The van der Waals surface area contributed by atoms with Crippen LogP contribution in [0.5, 0.6) is 0 Å². The van der Waals surface area contributed by atoms with Crippen molar-refractivity contribution in [3.63, 3.8) is 0 Å². The van der Waals surface area contributed by atoms with Crippen molar-refractivity contribution < 1.29 is 10.3 Å². The highest BCUT2D eigenvalue weighted by Crippen LogP contribution is 2.29. The minimum absolute atomic E-state index is 0.0295. The summed E-state index contributed by atoms with van der Waals surface area (Å²) >= 11 is 0. The first kappa shape index (κ1) is 12.4. The molecule has 2 atom stereocenters. The Labute approximate surface area is 80.5 Å². The number of rotatable bonds is 3. The standard InChI is InChI=1S/C9H18O.CH3NO/c1-2-3-4-8-5-6-9(10)7-8;1-2-3/h8-10H,2-7H2,1H3;3H,1H2. The molecular formula is C10H21NO2. The van der Waals surface area contributed by atoms with Gasteiger partial charge in [0.15, 0.2) is 0 Å². The molecule has 0 radical (unpaired) electrons. The predicted octanol–water partition coefficient (Wildman–Crippen LogP) is 2.41. The summed E-state index contributed by atoms with van der Waals surface area (Å²) in [7, 11) is 0. The van der Waals surface area contributed by atoms with E-state index < -0.39 is 0 Å². The third-order valence-electron chi connectivity index (χ3n) is 2.48. The highest BCUT2D eigenvalue weighted by atomic mass is 16.4. The number of nitrogens with zero attached hydrogens (tertiary/aromatic N) is 1. The monoisotopic (exact) mass is 187 g/mol. The second-order valence-corrected chi connectivity index (χ2v) is 3.62. The van der Waals surface area contributed by atoms with Crippen LogP contribution in [0.2, 0.25) is 0 Å². The van der Waals surface area contributed by atoms with Crippen LogP contribution in [-0.2, 0) is 0 Å². The van der Waals surface area contributed by atoms with E-state index in [4.69, 9.17) is 5.21 Å².